The van der Waals surface area contributed by atoms with Gasteiger partial charge in [-0.3, -0.25) is 0 Å². The largest absolute Gasteiger partial charge is 0.337 e. The Bertz CT molecular complexity index is 496. The number of nitrogens with one attached hydrogen (secondary N) is 1. The minimum Gasteiger partial charge on any atom is -0.337 e. The number of rotatable bonds is 8. The van der Waals surface area contributed by atoms with Crippen LogP contribution in [0.4, 0.5) is 0 Å². The molecule has 2 rings (SSSR count). The van der Waals surface area contributed by atoms with Crippen molar-refractivity contribution >= 4 is 11.8 Å². The molecule has 1 unspecified atom stereocenters. The number of hydrogen-bond donors (Lipinski definition) is 1. The van der Waals surface area contributed by atoms with Crippen LogP contribution in [0.2, 0.25) is 0 Å². The number of hydrogen-bond acceptors (Lipinski definition) is 3. The smallest absolute Gasteiger partial charge is 0.0945 e. The molecule has 1 aromatic carbocycles. The van der Waals surface area contributed by atoms with Gasteiger partial charge in [-0.25, -0.2) is 4.98 Å². The van der Waals surface area contributed by atoms with Gasteiger partial charge in [-0.05, 0) is 43.3 Å². The van der Waals surface area contributed by atoms with Gasteiger partial charge >= 0.3 is 0 Å². The van der Waals surface area contributed by atoms with Gasteiger partial charge in [-0.2, -0.15) is 0 Å². The lowest BCUT2D eigenvalue weighted by Gasteiger charge is -2.13. The predicted octanol–water partition coefficient (Wildman–Crippen LogP) is 3.74. The molecule has 0 aliphatic carbocycles. The van der Waals surface area contributed by atoms with Crippen LogP contribution in [-0.2, 0) is 6.54 Å². The summed E-state index contributed by atoms with van der Waals surface area (Å²) < 4.78 is 2.13. The Morgan fingerprint density at radius 2 is 2.30 bits per heavy atom. The number of thioether (sulfide) groups is 1. The van der Waals surface area contributed by atoms with Gasteiger partial charge in [0.1, 0.15) is 0 Å². The lowest BCUT2D eigenvalue weighted by molar-refractivity contribution is 0.597. The Morgan fingerprint density at radius 1 is 1.40 bits per heavy atom. The van der Waals surface area contributed by atoms with Crippen LogP contribution in [-0.4, -0.2) is 21.8 Å². The third-order valence-corrected chi connectivity index (χ3v) is 4.34. The fourth-order valence-electron chi connectivity index (χ4n) is 2.15. The highest BCUT2D eigenvalue weighted by molar-refractivity contribution is 7.99. The van der Waals surface area contributed by atoms with Gasteiger partial charge in [-0.1, -0.05) is 19.1 Å². The van der Waals surface area contributed by atoms with Crippen LogP contribution in [0.5, 0.6) is 0 Å². The van der Waals surface area contributed by atoms with Crippen LogP contribution in [0, 0.1) is 0 Å². The van der Waals surface area contributed by atoms with E-state index in [1.54, 1.807) is 0 Å². The molecule has 1 N–H and O–H groups in total. The van der Waals surface area contributed by atoms with Gasteiger partial charge in [-0.15, -0.1) is 11.8 Å². The molecular formula is C16H23N3S. The van der Waals surface area contributed by atoms with E-state index in [0.717, 1.165) is 25.3 Å². The lowest BCUT2D eigenvalue weighted by atomic mass is 10.1. The number of imidazole rings is 1. The molecule has 108 valence electrons. The van der Waals surface area contributed by atoms with Crippen molar-refractivity contribution in [3.8, 4) is 0 Å². The summed E-state index contributed by atoms with van der Waals surface area (Å²) in [5.74, 6) is 1.14. The van der Waals surface area contributed by atoms with E-state index in [-0.39, 0.29) is 0 Å². The molecule has 1 heterocycles. The first kappa shape index (κ1) is 15.1. The molecule has 20 heavy (non-hydrogen) atoms. The van der Waals surface area contributed by atoms with E-state index in [4.69, 9.17) is 0 Å². The summed E-state index contributed by atoms with van der Waals surface area (Å²) in [7, 11) is 0. The summed E-state index contributed by atoms with van der Waals surface area (Å²) >= 11 is 1.93. The monoisotopic (exact) mass is 289 g/mol. The number of aromatic nitrogens is 2. The third-order valence-electron chi connectivity index (χ3n) is 3.26. The van der Waals surface area contributed by atoms with Crippen LogP contribution in [0.1, 0.15) is 31.9 Å². The Balaban J connectivity index is 1.79. The average Bonchev–Trinajstić information content (AvgIpc) is 2.97. The predicted molar refractivity (Wildman–Crippen MR) is 86.1 cm³/mol. The third kappa shape index (κ3) is 4.69. The fraction of sp³-hybridized carbons (Fsp3) is 0.438. The summed E-state index contributed by atoms with van der Waals surface area (Å²) in [5.41, 5.74) is 1.37. The van der Waals surface area contributed by atoms with Crippen molar-refractivity contribution < 1.29 is 0 Å². The van der Waals surface area contributed by atoms with Crippen molar-refractivity contribution in [2.45, 2.75) is 37.8 Å². The zero-order valence-corrected chi connectivity index (χ0v) is 13.1. The first-order valence-corrected chi connectivity index (χ1v) is 8.20. The summed E-state index contributed by atoms with van der Waals surface area (Å²) in [6.45, 7) is 6.40. The Kier molecular flexibility index (Phi) is 6.15. The quantitative estimate of drug-likeness (QED) is 0.593. The maximum atomic E-state index is 4.06. The zero-order chi connectivity index (χ0) is 14.2. The Morgan fingerprint density at radius 3 is 3.05 bits per heavy atom. The van der Waals surface area contributed by atoms with E-state index >= 15 is 0 Å². The molecule has 0 saturated heterocycles. The SMILES string of the molecule is CCNC(C)c1cccc(SCCCn2ccnc2)c1. The van der Waals surface area contributed by atoms with Gasteiger partial charge < -0.3 is 9.88 Å². The van der Waals surface area contributed by atoms with Crippen molar-refractivity contribution in [1.29, 1.82) is 0 Å². The van der Waals surface area contributed by atoms with Crippen molar-refractivity contribution in [3.05, 3.63) is 48.5 Å². The van der Waals surface area contributed by atoms with Crippen LogP contribution >= 0.6 is 11.8 Å². The van der Waals surface area contributed by atoms with E-state index in [9.17, 15) is 0 Å². The maximum absolute atomic E-state index is 4.06. The summed E-state index contributed by atoms with van der Waals surface area (Å²) in [4.78, 5) is 5.42. The molecule has 1 aromatic heterocycles. The highest BCUT2D eigenvalue weighted by Gasteiger charge is 2.04. The molecule has 0 aliphatic rings. The van der Waals surface area contributed by atoms with Crippen molar-refractivity contribution in [1.82, 2.24) is 14.9 Å². The fourth-order valence-corrected chi connectivity index (χ4v) is 3.06. The molecule has 4 heteroatoms. The molecule has 1 atom stereocenters. The number of aryl methyl sites for hydroxylation is 1. The van der Waals surface area contributed by atoms with Gasteiger partial charge in [0.05, 0.1) is 6.33 Å². The maximum Gasteiger partial charge on any atom is 0.0945 e. The van der Waals surface area contributed by atoms with Crippen LogP contribution in [0.25, 0.3) is 0 Å². The first-order valence-electron chi connectivity index (χ1n) is 7.21. The molecule has 0 aliphatic heterocycles. The van der Waals surface area contributed by atoms with Crippen LogP contribution < -0.4 is 5.32 Å². The molecule has 0 amide bonds. The average molecular weight is 289 g/mol. The van der Waals surface area contributed by atoms with E-state index in [1.165, 1.54) is 10.5 Å². The second kappa shape index (κ2) is 8.12. The highest BCUT2D eigenvalue weighted by atomic mass is 32.2. The molecule has 2 aromatic rings. The van der Waals surface area contributed by atoms with Gasteiger partial charge in [0.25, 0.3) is 0 Å². The number of benzene rings is 1. The second-order valence-electron chi connectivity index (χ2n) is 4.85. The van der Waals surface area contributed by atoms with Gasteiger partial charge in [0.15, 0.2) is 0 Å². The van der Waals surface area contributed by atoms with E-state index in [0.29, 0.717) is 6.04 Å². The molecule has 3 nitrogen and oxygen atoms in total. The summed E-state index contributed by atoms with van der Waals surface area (Å²) in [6, 6.07) is 9.27. The minimum atomic E-state index is 0.423. The highest BCUT2D eigenvalue weighted by Crippen LogP contribution is 2.23. The van der Waals surface area contributed by atoms with Crippen LogP contribution in [0.3, 0.4) is 0 Å². The summed E-state index contributed by atoms with van der Waals surface area (Å²) in [5, 5.41) is 3.46. The van der Waals surface area contributed by atoms with Crippen molar-refractivity contribution in [2.24, 2.45) is 0 Å². The Labute approximate surface area is 125 Å². The first-order chi connectivity index (χ1) is 9.79. The Hall–Kier alpha value is -1.26. The second-order valence-corrected chi connectivity index (χ2v) is 6.02. The van der Waals surface area contributed by atoms with Crippen LogP contribution in [0.15, 0.2) is 47.9 Å². The molecule has 0 radical (unpaired) electrons. The van der Waals surface area contributed by atoms with E-state index in [2.05, 4.69) is 53.0 Å². The molecule has 0 spiro atoms. The molecule has 0 bridgehead atoms. The zero-order valence-electron chi connectivity index (χ0n) is 12.2. The lowest BCUT2D eigenvalue weighted by Crippen LogP contribution is -2.17. The molecular weight excluding hydrogens is 266 g/mol. The van der Waals surface area contributed by atoms with Crippen molar-refractivity contribution in [2.75, 3.05) is 12.3 Å². The standard InChI is InChI=1S/C16H23N3S/c1-3-18-14(2)15-6-4-7-16(12-15)20-11-5-9-19-10-8-17-13-19/h4,6-8,10,12-14,18H,3,5,9,11H2,1-2H3. The van der Waals surface area contributed by atoms with E-state index < -0.39 is 0 Å². The topological polar surface area (TPSA) is 29.9 Å². The normalized spacial score (nSPS) is 12.5. The van der Waals surface area contributed by atoms with Gasteiger partial charge in [0, 0.05) is 29.9 Å². The minimum absolute atomic E-state index is 0.423. The number of nitrogens with zero attached hydrogens (tertiary/aromatic N) is 2. The summed E-state index contributed by atoms with van der Waals surface area (Å²) in [6.07, 6.45) is 6.89. The van der Waals surface area contributed by atoms with Crippen molar-refractivity contribution in [3.63, 3.8) is 0 Å². The van der Waals surface area contributed by atoms with E-state index in [1.807, 2.05) is 30.5 Å². The molecule has 0 fully saturated rings. The molecule has 0 saturated carbocycles. The van der Waals surface area contributed by atoms with Gasteiger partial charge in [0.2, 0.25) is 0 Å².